The third-order valence-corrected chi connectivity index (χ3v) is 4.91. The summed E-state index contributed by atoms with van der Waals surface area (Å²) >= 11 is 5.45. The molecule has 0 aliphatic carbocycles. The number of rotatable bonds is 5. The molecule has 1 aromatic carbocycles. The number of nitrogen functional groups attached to an aromatic ring is 1. The minimum atomic E-state index is -4.38. The third kappa shape index (κ3) is 5.04. The molecule has 0 fully saturated rings. The zero-order chi connectivity index (χ0) is 15.6. The standard InChI is InChI=1S/C10H12ClF3N2O2S2/c1-6-4-7(11)8(15)5-9(6)20(17,18)16-2-3-19-10(12,13)14/h4-5,16H,2-3,15H2,1H3. The van der Waals surface area contributed by atoms with Crippen molar-refractivity contribution in [2.24, 2.45) is 0 Å². The summed E-state index contributed by atoms with van der Waals surface area (Å²) in [5.41, 5.74) is 1.58. The molecule has 0 saturated heterocycles. The van der Waals surface area contributed by atoms with Gasteiger partial charge >= 0.3 is 5.51 Å². The highest BCUT2D eigenvalue weighted by Crippen LogP contribution is 2.30. The van der Waals surface area contributed by atoms with E-state index in [1.54, 1.807) is 0 Å². The minimum absolute atomic E-state index is 0.0855. The van der Waals surface area contributed by atoms with Crippen LogP contribution in [0.2, 0.25) is 5.02 Å². The van der Waals surface area contributed by atoms with E-state index in [4.69, 9.17) is 17.3 Å². The summed E-state index contributed by atoms with van der Waals surface area (Å²) < 4.78 is 61.7. The highest BCUT2D eigenvalue weighted by Gasteiger charge is 2.28. The van der Waals surface area contributed by atoms with Crippen molar-refractivity contribution < 1.29 is 21.6 Å². The average Bonchev–Trinajstić information content (AvgIpc) is 2.28. The van der Waals surface area contributed by atoms with Gasteiger partial charge in [0.25, 0.3) is 0 Å². The number of nitrogens with one attached hydrogen (secondary N) is 1. The molecule has 10 heteroatoms. The second-order valence-electron chi connectivity index (χ2n) is 3.83. The van der Waals surface area contributed by atoms with Gasteiger partial charge in [-0.2, -0.15) is 13.2 Å². The van der Waals surface area contributed by atoms with Crippen molar-refractivity contribution in [3.05, 3.63) is 22.7 Å². The molecule has 0 radical (unpaired) electrons. The van der Waals surface area contributed by atoms with Gasteiger partial charge in [-0.1, -0.05) is 11.6 Å². The van der Waals surface area contributed by atoms with Crippen LogP contribution in [0.15, 0.2) is 17.0 Å². The van der Waals surface area contributed by atoms with Gasteiger partial charge in [0, 0.05) is 12.3 Å². The van der Waals surface area contributed by atoms with Gasteiger partial charge in [-0.05, 0) is 36.4 Å². The van der Waals surface area contributed by atoms with Gasteiger partial charge in [0.15, 0.2) is 0 Å². The first-order valence-electron chi connectivity index (χ1n) is 5.29. The van der Waals surface area contributed by atoms with Gasteiger partial charge in [-0.15, -0.1) is 0 Å². The van der Waals surface area contributed by atoms with Crippen LogP contribution >= 0.6 is 23.4 Å². The smallest absolute Gasteiger partial charge is 0.397 e. The van der Waals surface area contributed by atoms with Crippen LogP contribution in [0, 0.1) is 6.92 Å². The number of thioether (sulfide) groups is 1. The van der Waals surface area contributed by atoms with Crippen LogP contribution < -0.4 is 10.5 Å². The largest absolute Gasteiger partial charge is 0.441 e. The maximum absolute atomic E-state index is 11.9. The zero-order valence-corrected chi connectivity index (χ0v) is 12.7. The Balaban J connectivity index is 2.77. The Labute approximate surface area is 123 Å². The summed E-state index contributed by atoms with van der Waals surface area (Å²) in [5, 5.41) is 0.217. The van der Waals surface area contributed by atoms with E-state index in [2.05, 4.69) is 4.72 Å². The summed E-state index contributed by atoms with van der Waals surface area (Å²) in [6.45, 7) is 1.18. The molecule has 3 N–H and O–H groups in total. The summed E-state index contributed by atoms with van der Waals surface area (Å²) in [5.74, 6) is -0.412. The summed E-state index contributed by atoms with van der Waals surface area (Å²) in [6, 6.07) is 2.56. The molecule has 1 aromatic rings. The van der Waals surface area contributed by atoms with E-state index in [-0.39, 0.29) is 33.9 Å². The van der Waals surface area contributed by atoms with Crippen molar-refractivity contribution in [3.63, 3.8) is 0 Å². The lowest BCUT2D eigenvalue weighted by Gasteiger charge is -2.11. The Morgan fingerprint density at radius 2 is 2.00 bits per heavy atom. The predicted molar refractivity (Wildman–Crippen MR) is 74.3 cm³/mol. The molecule has 4 nitrogen and oxygen atoms in total. The van der Waals surface area contributed by atoms with Gasteiger partial charge in [-0.25, -0.2) is 13.1 Å². The topological polar surface area (TPSA) is 72.2 Å². The number of alkyl halides is 3. The molecule has 0 unspecified atom stereocenters. The second-order valence-corrected chi connectivity index (χ2v) is 7.13. The van der Waals surface area contributed by atoms with E-state index in [9.17, 15) is 21.6 Å². The Morgan fingerprint density at radius 1 is 1.40 bits per heavy atom. The maximum atomic E-state index is 11.9. The fourth-order valence-corrected chi connectivity index (χ4v) is 3.45. The van der Waals surface area contributed by atoms with E-state index >= 15 is 0 Å². The van der Waals surface area contributed by atoms with Crippen LogP contribution in [-0.2, 0) is 10.0 Å². The molecule has 0 saturated carbocycles. The van der Waals surface area contributed by atoms with Crippen molar-refractivity contribution in [2.45, 2.75) is 17.3 Å². The first kappa shape index (κ1) is 17.4. The molecular formula is C10H12ClF3N2O2S2. The summed E-state index contributed by atoms with van der Waals surface area (Å²) in [6.07, 6.45) is 0. The molecule has 0 amide bonds. The third-order valence-electron chi connectivity index (χ3n) is 2.24. The van der Waals surface area contributed by atoms with Gasteiger partial charge in [-0.3, -0.25) is 0 Å². The summed E-state index contributed by atoms with van der Waals surface area (Å²) in [7, 11) is -3.92. The molecule has 0 spiro atoms. The Hall–Kier alpha value is -0.640. The minimum Gasteiger partial charge on any atom is -0.397 e. The molecule has 0 heterocycles. The summed E-state index contributed by atoms with van der Waals surface area (Å²) in [4.78, 5) is -0.101. The number of aryl methyl sites for hydroxylation is 1. The van der Waals surface area contributed by atoms with E-state index < -0.39 is 21.3 Å². The molecule has 0 atom stereocenters. The van der Waals surface area contributed by atoms with E-state index in [0.717, 1.165) is 0 Å². The molecule has 0 aromatic heterocycles. The normalized spacial score (nSPS) is 12.7. The lowest BCUT2D eigenvalue weighted by atomic mass is 10.2. The zero-order valence-electron chi connectivity index (χ0n) is 10.3. The highest BCUT2D eigenvalue weighted by atomic mass is 35.5. The quantitative estimate of drug-likeness (QED) is 0.634. The van der Waals surface area contributed by atoms with E-state index in [1.807, 2.05) is 0 Å². The SMILES string of the molecule is Cc1cc(Cl)c(N)cc1S(=O)(=O)NCCSC(F)(F)F. The number of hydrogen-bond donors (Lipinski definition) is 2. The van der Waals surface area contributed by atoms with E-state index in [1.165, 1.54) is 19.1 Å². The molecule has 0 aliphatic heterocycles. The molecular weight excluding hydrogens is 337 g/mol. The van der Waals surface area contributed by atoms with Crippen LogP contribution in [0.25, 0.3) is 0 Å². The van der Waals surface area contributed by atoms with Crippen molar-refractivity contribution in [1.82, 2.24) is 4.72 Å². The van der Waals surface area contributed by atoms with Crippen LogP contribution in [-0.4, -0.2) is 26.2 Å². The van der Waals surface area contributed by atoms with Crippen molar-refractivity contribution in [3.8, 4) is 0 Å². The van der Waals surface area contributed by atoms with E-state index in [0.29, 0.717) is 5.56 Å². The number of halogens is 4. The number of benzene rings is 1. The van der Waals surface area contributed by atoms with Crippen LogP contribution in [0.1, 0.15) is 5.56 Å². The van der Waals surface area contributed by atoms with Crippen LogP contribution in [0.3, 0.4) is 0 Å². The highest BCUT2D eigenvalue weighted by molar-refractivity contribution is 8.00. The van der Waals surface area contributed by atoms with Crippen molar-refractivity contribution in [1.29, 1.82) is 0 Å². The number of nitrogens with two attached hydrogens (primary N) is 1. The Kier molecular flexibility index (Phi) is 5.59. The van der Waals surface area contributed by atoms with Gasteiger partial charge in [0.2, 0.25) is 10.0 Å². The van der Waals surface area contributed by atoms with Crippen molar-refractivity contribution in [2.75, 3.05) is 18.0 Å². The van der Waals surface area contributed by atoms with Crippen LogP contribution in [0.5, 0.6) is 0 Å². The maximum Gasteiger partial charge on any atom is 0.441 e. The second kappa shape index (κ2) is 6.42. The number of hydrogen-bond acceptors (Lipinski definition) is 4. The molecule has 0 bridgehead atoms. The average molecular weight is 349 g/mol. The fraction of sp³-hybridized carbons (Fsp3) is 0.400. The lowest BCUT2D eigenvalue weighted by Crippen LogP contribution is -2.27. The van der Waals surface area contributed by atoms with Gasteiger partial charge in [0.05, 0.1) is 15.6 Å². The predicted octanol–water partition coefficient (Wildman–Crippen LogP) is 2.76. The van der Waals surface area contributed by atoms with Gasteiger partial charge in [0.1, 0.15) is 0 Å². The fourth-order valence-electron chi connectivity index (χ4n) is 1.38. The van der Waals surface area contributed by atoms with Crippen molar-refractivity contribution >= 4 is 39.1 Å². The number of sulfonamides is 1. The molecule has 20 heavy (non-hydrogen) atoms. The number of anilines is 1. The lowest BCUT2D eigenvalue weighted by molar-refractivity contribution is -0.0327. The Morgan fingerprint density at radius 3 is 2.55 bits per heavy atom. The van der Waals surface area contributed by atoms with Gasteiger partial charge < -0.3 is 5.73 Å². The Bertz CT molecular complexity index is 591. The first-order chi connectivity index (χ1) is 9.03. The molecule has 1 rings (SSSR count). The van der Waals surface area contributed by atoms with Crippen LogP contribution in [0.4, 0.5) is 18.9 Å². The monoisotopic (exact) mass is 348 g/mol. The molecule has 0 aliphatic rings. The first-order valence-corrected chi connectivity index (χ1v) is 8.13. The molecule has 114 valence electrons.